The SMILES string of the molecule is Cc1cc(C=O)n(N)c1. The van der Waals surface area contributed by atoms with Gasteiger partial charge in [-0.25, -0.2) is 0 Å². The highest BCUT2D eigenvalue weighted by Crippen LogP contribution is 1.99. The van der Waals surface area contributed by atoms with Crippen molar-refractivity contribution in [2.75, 3.05) is 5.84 Å². The second-order valence-electron chi connectivity index (χ2n) is 1.97. The predicted octanol–water partition coefficient (Wildman–Crippen LogP) is 0.323. The van der Waals surface area contributed by atoms with Crippen molar-refractivity contribution >= 4 is 6.29 Å². The Morgan fingerprint density at radius 2 is 2.44 bits per heavy atom. The Balaban J connectivity index is 3.15. The summed E-state index contributed by atoms with van der Waals surface area (Å²) in [4.78, 5) is 10.1. The van der Waals surface area contributed by atoms with Gasteiger partial charge in [0.05, 0.1) is 0 Å². The highest BCUT2D eigenvalue weighted by Gasteiger charge is 1.95. The minimum Gasteiger partial charge on any atom is -0.339 e. The molecule has 3 nitrogen and oxygen atoms in total. The van der Waals surface area contributed by atoms with Gasteiger partial charge in [0.15, 0.2) is 6.29 Å². The second-order valence-corrected chi connectivity index (χ2v) is 1.97. The van der Waals surface area contributed by atoms with E-state index in [1.54, 1.807) is 12.3 Å². The van der Waals surface area contributed by atoms with Crippen molar-refractivity contribution in [1.29, 1.82) is 0 Å². The molecule has 0 aliphatic heterocycles. The van der Waals surface area contributed by atoms with E-state index in [1.165, 1.54) is 4.68 Å². The third-order valence-electron chi connectivity index (χ3n) is 1.14. The Morgan fingerprint density at radius 1 is 1.78 bits per heavy atom. The lowest BCUT2D eigenvalue weighted by Gasteiger charge is -1.89. The molecule has 0 unspecified atom stereocenters. The standard InChI is InChI=1S/C6H8N2O/c1-5-2-6(4-9)8(7)3-5/h2-4H,7H2,1H3. The van der Waals surface area contributed by atoms with E-state index in [1.807, 2.05) is 6.92 Å². The molecule has 0 saturated carbocycles. The van der Waals surface area contributed by atoms with Crippen LogP contribution in [-0.2, 0) is 0 Å². The van der Waals surface area contributed by atoms with Gasteiger partial charge in [0, 0.05) is 6.20 Å². The van der Waals surface area contributed by atoms with Crippen molar-refractivity contribution < 1.29 is 4.79 Å². The second kappa shape index (κ2) is 1.93. The number of carbonyl (C=O) groups is 1. The summed E-state index contributed by atoms with van der Waals surface area (Å²) in [5, 5.41) is 0. The van der Waals surface area contributed by atoms with E-state index >= 15 is 0 Å². The first-order valence-electron chi connectivity index (χ1n) is 2.63. The van der Waals surface area contributed by atoms with Crippen molar-refractivity contribution in [2.45, 2.75) is 6.92 Å². The monoisotopic (exact) mass is 124 g/mol. The van der Waals surface area contributed by atoms with Crippen molar-refractivity contribution in [3.63, 3.8) is 0 Å². The van der Waals surface area contributed by atoms with Crippen LogP contribution >= 0.6 is 0 Å². The van der Waals surface area contributed by atoms with E-state index in [0.717, 1.165) is 11.8 Å². The maximum Gasteiger partial charge on any atom is 0.168 e. The molecular weight excluding hydrogens is 116 g/mol. The number of carbonyl (C=O) groups excluding carboxylic acids is 1. The molecule has 1 heterocycles. The van der Waals surface area contributed by atoms with Gasteiger partial charge in [-0.2, -0.15) is 0 Å². The first-order chi connectivity index (χ1) is 4.24. The van der Waals surface area contributed by atoms with E-state index in [9.17, 15) is 4.79 Å². The lowest BCUT2D eigenvalue weighted by molar-refractivity contribution is 0.111. The highest BCUT2D eigenvalue weighted by molar-refractivity contribution is 5.72. The number of nitrogens with zero attached hydrogens (tertiary/aromatic N) is 1. The van der Waals surface area contributed by atoms with Crippen LogP contribution < -0.4 is 5.84 Å². The zero-order valence-corrected chi connectivity index (χ0v) is 5.16. The number of hydrogen-bond acceptors (Lipinski definition) is 2. The Kier molecular flexibility index (Phi) is 1.26. The first-order valence-corrected chi connectivity index (χ1v) is 2.63. The molecule has 3 heteroatoms. The van der Waals surface area contributed by atoms with Crippen molar-refractivity contribution in [3.05, 3.63) is 23.5 Å². The van der Waals surface area contributed by atoms with Gasteiger partial charge in [-0.3, -0.25) is 9.47 Å². The molecule has 0 spiro atoms. The van der Waals surface area contributed by atoms with Gasteiger partial charge in [-0.1, -0.05) is 0 Å². The average Bonchev–Trinajstić information content (AvgIpc) is 2.10. The minimum absolute atomic E-state index is 0.507. The van der Waals surface area contributed by atoms with E-state index in [0.29, 0.717) is 5.69 Å². The molecule has 1 rings (SSSR count). The van der Waals surface area contributed by atoms with Crippen LogP contribution in [0.25, 0.3) is 0 Å². The summed E-state index contributed by atoms with van der Waals surface area (Å²) in [6.45, 7) is 1.89. The molecular formula is C6H8N2O. The summed E-state index contributed by atoms with van der Waals surface area (Å²) in [7, 11) is 0. The number of rotatable bonds is 1. The lowest BCUT2D eigenvalue weighted by Crippen LogP contribution is -2.09. The number of aryl methyl sites for hydroxylation is 1. The normalized spacial score (nSPS) is 9.44. The maximum atomic E-state index is 10.1. The van der Waals surface area contributed by atoms with Gasteiger partial charge in [-0.15, -0.1) is 0 Å². The van der Waals surface area contributed by atoms with Crippen molar-refractivity contribution in [3.8, 4) is 0 Å². The summed E-state index contributed by atoms with van der Waals surface area (Å²) in [5.41, 5.74) is 1.51. The molecule has 48 valence electrons. The molecule has 0 aliphatic rings. The molecule has 0 radical (unpaired) electrons. The van der Waals surface area contributed by atoms with Crippen molar-refractivity contribution in [1.82, 2.24) is 4.68 Å². The summed E-state index contributed by atoms with van der Waals surface area (Å²) in [5.74, 6) is 5.34. The Labute approximate surface area is 53.1 Å². The molecule has 0 fully saturated rings. The Morgan fingerprint density at radius 3 is 2.67 bits per heavy atom. The van der Waals surface area contributed by atoms with Gasteiger partial charge < -0.3 is 5.84 Å². The molecule has 1 aromatic heterocycles. The molecule has 0 atom stereocenters. The fourth-order valence-electron chi connectivity index (χ4n) is 0.734. The molecule has 0 amide bonds. The molecule has 0 bridgehead atoms. The number of nitrogens with two attached hydrogens (primary N) is 1. The maximum absolute atomic E-state index is 10.1. The lowest BCUT2D eigenvalue weighted by atomic mass is 10.3. The molecule has 0 aromatic carbocycles. The highest BCUT2D eigenvalue weighted by atomic mass is 16.1. The third-order valence-corrected chi connectivity index (χ3v) is 1.14. The Hall–Kier alpha value is -1.25. The molecule has 9 heavy (non-hydrogen) atoms. The van der Waals surface area contributed by atoms with Crippen LogP contribution in [0.2, 0.25) is 0 Å². The van der Waals surface area contributed by atoms with Gasteiger partial charge in [-0.05, 0) is 18.6 Å². The molecule has 2 N–H and O–H groups in total. The number of aldehydes is 1. The van der Waals surface area contributed by atoms with Crippen LogP contribution in [0.3, 0.4) is 0 Å². The van der Waals surface area contributed by atoms with Gasteiger partial charge in [0.25, 0.3) is 0 Å². The largest absolute Gasteiger partial charge is 0.339 e. The smallest absolute Gasteiger partial charge is 0.168 e. The van der Waals surface area contributed by atoms with Gasteiger partial charge >= 0.3 is 0 Å². The zero-order chi connectivity index (χ0) is 6.85. The number of aromatic nitrogens is 1. The van der Waals surface area contributed by atoms with Crippen LogP contribution in [0.15, 0.2) is 12.3 Å². The predicted molar refractivity (Wildman–Crippen MR) is 34.7 cm³/mol. The van der Waals surface area contributed by atoms with Gasteiger partial charge in [0.2, 0.25) is 0 Å². The van der Waals surface area contributed by atoms with Gasteiger partial charge in [0.1, 0.15) is 5.69 Å². The summed E-state index contributed by atoms with van der Waals surface area (Å²) >= 11 is 0. The summed E-state index contributed by atoms with van der Waals surface area (Å²) in [6, 6.07) is 1.73. The Bertz CT molecular complexity index is 227. The van der Waals surface area contributed by atoms with E-state index in [2.05, 4.69) is 0 Å². The van der Waals surface area contributed by atoms with Crippen LogP contribution in [0.5, 0.6) is 0 Å². The first kappa shape index (κ1) is 5.88. The van der Waals surface area contributed by atoms with Crippen molar-refractivity contribution in [2.24, 2.45) is 0 Å². The fourth-order valence-corrected chi connectivity index (χ4v) is 0.734. The fraction of sp³-hybridized carbons (Fsp3) is 0.167. The van der Waals surface area contributed by atoms with E-state index < -0.39 is 0 Å². The number of nitrogen functional groups attached to an aromatic ring is 1. The third kappa shape index (κ3) is 0.937. The molecule has 0 aliphatic carbocycles. The number of hydrogen-bond donors (Lipinski definition) is 1. The molecule has 0 saturated heterocycles. The minimum atomic E-state index is 0.507. The summed E-state index contributed by atoms with van der Waals surface area (Å²) < 4.78 is 1.31. The quantitative estimate of drug-likeness (QED) is 0.433. The van der Waals surface area contributed by atoms with Crippen LogP contribution in [0.4, 0.5) is 0 Å². The zero-order valence-electron chi connectivity index (χ0n) is 5.16. The van der Waals surface area contributed by atoms with Crippen LogP contribution in [0, 0.1) is 6.92 Å². The molecule has 1 aromatic rings. The topological polar surface area (TPSA) is 48.0 Å². The van der Waals surface area contributed by atoms with Crippen LogP contribution in [-0.4, -0.2) is 11.0 Å². The average molecular weight is 124 g/mol. The summed E-state index contributed by atoms with van der Waals surface area (Å²) in [6.07, 6.45) is 2.43. The van der Waals surface area contributed by atoms with E-state index in [4.69, 9.17) is 5.84 Å². The van der Waals surface area contributed by atoms with E-state index in [-0.39, 0.29) is 0 Å². The van der Waals surface area contributed by atoms with Crippen LogP contribution in [0.1, 0.15) is 16.1 Å².